The highest BCUT2D eigenvalue weighted by Gasteiger charge is 2.31. The third-order valence-electron chi connectivity index (χ3n) is 4.21. The van der Waals surface area contributed by atoms with Gasteiger partial charge in [-0.3, -0.25) is 4.79 Å². The number of nitrogens with two attached hydrogens (primary N) is 1. The highest BCUT2D eigenvalue weighted by atomic mass is 35.5. The van der Waals surface area contributed by atoms with Gasteiger partial charge in [0.15, 0.2) is 0 Å². The van der Waals surface area contributed by atoms with E-state index in [9.17, 15) is 4.79 Å². The molecule has 1 fully saturated rings. The topological polar surface area (TPSA) is 68.0 Å². The maximum absolute atomic E-state index is 12.1. The largest absolute Gasteiger partial charge is 0.355 e. The predicted molar refractivity (Wildman–Crippen MR) is 97.3 cm³/mol. The molecule has 0 bridgehead atoms. The molecule has 2 atom stereocenters. The molecule has 2 rings (SSSR count). The molecule has 3 N–H and O–H groups in total. The Hall–Kier alpha value is -0.360. The monoisotopic (exact) mass is 367 g/mol. The van der Waals surface area contributed by atoms with Crippen molar-refractivity contribution < 1.29 is 4.79 Å². The minimum Gasteiger partial charge on any atom is -0.355 e. The highest BCUT2D eigenvalue weighted by molar-refractivity contribution is 7.11. The lowest BCUT2D eigenvalue weighted by molar-refractivity contribution is -0.125. The van der Waals surface area contributed by atoms with Crippen LogP contribution in [0.2, 0.25) is 0 Å². The maximum atomic E-state index is 12.1. The van der Waals surface area contributed by atoms with E-state index in [0.717, 1.165) is 37.1 Å². The van der Waals surface area contributed by atoms with Gasteiger partial charge in [-0.05, 0) is 38.6 Å². The van der Waals surface area contributed by atoms with Crippen LogP contribution in [0.5, 0.6) is 0 Å². The van der Waals surface area contributed by atoms with Crippen molar-refractivity contribution in [3.8, 4) is 0 Å². The van der Waals surface area contributed by atoms with Crippen LogP contribution in [0.3, 0.4) is 0 Å². The molecular weight excluding hydrogens is 341 g/mol. The van der Waals surface area contributed by atoms with E-state index < -0.39 is 0 Å². The molecule has 1 aliphatic rings. The molecule has 1 aromatic heterocycles. The minimum absolute atomic E-state index is 0. The molecule has 128 valence electrons. The zero-order chi connectivity index (χ0) is 14.5. The average molecular weight is 368 g/mol. The molecule has 0 radical (unpaired) electrons. The van der Waals surface area contributed by atoms with Crippen LogP contribution < -0.4 is 11.1 Å². The Balaban J connectivity index is 0.00000220. The summed E-state index contributed by atoms with van der Waals surface area (Å²) in [6.07, 6.45) is 5.03. The summed E-state index contributed by atoms with van der Waals surface area (Å²) in [4.78, 5) is 18.0. The van der Waals surface area contributed by atoms with Gasteiger partial charge in [-0.15, -0.1) is 36.2 Å². The highest BCUT2D eigenvalue weighted by Crippen LogP contribution is 2.30. The first kappa shape index (κ1) is 21.6. The van der Waals surface area contributed by atoms with E-state index in [1.54, 1.807) is 11.3 Å². The lowest BCUT2D eigenvalue weighted by atomic mass is 9.95. The summed E-state index contributed by atoms with van der Waals surface area (Å²) in [6.45, 7) is 5.55. The maximum Gasteiger partial charge on any atom is 0.223 e. The quantitative estimate of drug-likeness (QED) is 0.811. The van der Waals surface area contributed by atoms with Crippen LogP contribution in [0.1, 0.15) is 41.8 Å². The predicted octanol–water partition coefficient (Wildman–Crippen LogP) is 2.89. The smallest absolute Gasteiger partial charge is 0.223 e. The number of carbonyl (C=O) groups excluding carboxylic acids is 1. The molecule has 22 heavy (non-hydrogen) atoms. The third kappa shape index (κ3) is 5.37. The molecule has 1 aromatic rings. The fourth-order valence-corrected chi connectivity index (χ4v) is 4.03. The molecule has 0 unspecified atom stereocenters. The minimum atomic E-state index is 0. The normalized spacial score (nSPS) is 20.1. The van der Waals surface area contributed by atoms with Crippen LogP contribution in [-0.4, -0.2) is 24.0 Å². The van der Waals surface area contributed by atoms with Crippen molar-refractivity contribution in [1.82, 2.24) is 10.3 Å². The Kier molecular flexibility index (Phi) is 10.3. The van der Waals surface area contributed by atoms with Crippen LogP contribution in [0.25, 0.3) is 0 Å². The lowest BCUT2D eigenvalue weighted by Crippen LogP contribution is -2.36. The Morgan fingerprint density at radius 3 is 2.73 bits per heavy atom. The van der Waals surface area contributed by atoms with E-state index in [2.05, 4.69) is 24.1 Å². The van der Waals surface area contributed by atoms with E-state index in [1.807, 2.05) is 0 Å². The van der Waals surface area contributed by atoms with Crippen molar-refractivity contribution in [3.05, 3.63) is 15.6 Å². The number of thiazole rings is 1. The molecule has 0 aliphatic heterocycles. The molecule has 7 heteroatoms. The summed E-state index contributed by atoms with van der Waals surface area (Å²) in [5, 5.41) is 4.18. The fraction of sp³-hybridized carbons (Fsp3) is 0.733. The van der Waals surface area contributed by atoms with Gasteiger partial charge in [0, 0.05) is 23.8 Å². The SMILES string of the molecule is CCc1nc(CCNC(=O)[C@@H]2CCC[C@@H]2CN)sc1C.Cl.Cl. The Morgan fingerprint density at radius 2 is 2.14 bits per heavy atom. The van der Waals surface area contributed by atoms with Crippen molar-refractivity contribution in [3.63, 3.8) is 0 Å². The van der Waals surface area contributed by atoms with Gasteiger partial charge in [-0.1, -0.05) is 13.3 Å². The Bertz CT molecular complexity index is 468. The summed E-state index contributed by atoms with van der Waals surface area (Å²) in [5.41, 5.74) is 6.92. The first-order valence-electron chi connectivity index (χ1n) is 7.58. The average Bonchev–Trinajstić information content (AvgIpc) is 3.04. The lowest BCUT2D eigenvalue weighted by Gasteiger charge is -2.17. The number of amides is 1. The molecule has 1 aliphatic carbocycles. The molecule has 0 saturated heterocycles. The zero-order valence-electron chi connectivity index (χ0n) is 13.3. The van der Waals surface area contributed by atoms with Gasteiger partial charge in [-0.25, -0.2) is 4.98 Å². The number of halogens is 2. The number of aromatic nitrogens is 1. The number of nitrogens with one attached hydrogen (secondary N) is 1. The summed E-state index contributed by atoms with van der Waals surface area (Å²) < 4.78 is 0. The fourth-order valence-electron chi connectivity index (χ4n) is 3.01. The van der Waals surface area contributed by atoms with Crippen molar-refractivity contribution >= 4 is 42.1 Å². The van der Waals surface area contributed by atoms with Gasteiger partial charge in [0.1, 0.15) is 0 Å². The molecular formula is C15H27Cl2N3OS. The molecule has 1 heterocycles. The third-order valence-corrected chi connectivity index (χ3v) is 5.28. The van der Waals surface area contributed by atoms with Crippen molar-refractivity contribution in [2.45, 2.75) is 46.0 Å². The van der Waals surface area contributed by atoms with Crippen LogP contribution in [0.4, 0.5) is 0 Å². The summed E-state index contributed by atoms with van der Waals surface area (Å²) in [5.74, 6) is 0.690. The van der Waals surface area contributed by atoms with E-state index in [0.29, 0.717) is 19.0 Å². The Morgan fingerprint density at radius 1 is 1.41 bits per heavy atom. The summed E-state index contributed by atoms with van der Waals surface area (Å²) in [6, 6.07) is 0. The second-order valence-electron chi connectivity index (χ2n) is 5.54. The molecule has 1 amide bonds. The number of rotatable bonds is 6. The molecule has 0 aromatic carbocycles. The second-order valence-corrected chi connectivity index (χ2v) is 6.83. The van der Waals surface area contributed by atoms with Gasteiger partial charge in [-0.2, -0.15) is 0 Å². The van der Waals surface area contributed by atoms with E-state index in [1.165, 1.54) is 10.6 Å². The first-order chi connectivity index (χ1) is 9.65. The molecule has 4 nitrogen and oxygen atoms in total. The van der Waals surface area contributed by atoms with Crippen molar-refractivity contribution in [2.24, 2.45) is 17.6 Å². The number of hydrogen-bond acceptors (Lipinski definition) is 4. The van der Waals surface area contributed by atoms with Gasteiger partial charge >= 0.3 is 0 Å². The van der Waals surface area contributed by atoms with E-state index in [-0.39, 0.29) is 36.6 Å². The Labute approximate surface area is 149 Å². The van der Waals surface area contributed by atoms with Crippen LogP contribution in [0.15, 0.2) is 0 Å². The van der Waals surface area contributed by atoms with E-state index in [4.69, 9.17) is 5.73 Å². The van der Waals surface area contributed by atoms with Gasteiger partial charge in [0.2, 0.25) is 5.91 Å². The molecule has 1 saturated carbocycles. The van der Waals surface area contributed by atoms with Gasteiger partial charge in [0.25, 0.3) is 0 Å². The van der Waals surface area contributed by atoms with Crippen LogP contribution in [0, 0.1) is 18.8 Å². The van der Waals surface area contributed by atoms with Crippen molar-refractivity contribution in [1.29, 1.82) is 0 Å². The number of hydrogen-bond donors (Lipinski definition) is 2. The number of aryl methyl sites for hydroxylation is 2. The van der Waals surface area contributed by atoms with Crippen LogP contribution in [-0.2, 0) is 17.6 Å². The van der Waals surface area contributed by atoms with E-state index >= 15 is 0 Å². The molecule has 0 spiro atoms. The van der Waals surface area contributed by atoms with Crippen molar-refractivity contribution in [2.75, 3.05) is 13.1 Å². The second kappa shape index (κ2) is 10.4. The zero-order valence-corrected chi connectivity index (χ0v) is 15.7. The summed E-state index contributed by atoms with van der Waals surface area (Å²) in [7, 11) is 0. The standard InChI is InChI=1S/C15H25N3OS.2ClH/c1-3-13-10(2)20-14(18-13)7-8-17-15(19)12-6-4-5-11(12)9-16;;/h11-12H,3-9,16H2,1-2H3,(H,17,19);2*1H/t11-,12-;;/m1../s1. The summed E-state index contributed by atoms with van der Waals surface area (Å²) >= 11 is 1.75. The number of carbonyl (C=O) groups is 1. The number of nitrogens with zero attached hydrogens (tertiary/aromatic N) is 1. The van der Waals surface area contributed by atoms with Crippen LogP contribution >= 0.6 is 36.2 Å². The first-order valence-corrected chi connectivity index (χ1v) is 8.40. The van der Waals surface area contributed by atoms with Gasteiger partial charge in [0.05, 0.1) is 10.7 Å². The van der Waals surface area contributed by atoms with Gasteiger partial charge < -0.3 is 11.1 Å².